The van der Waals surface area contributed by atoms with Gasteiger partial charge in [-0.1, -0.05) is 15.9 Å². The van der Waals surface area contributed by atoms with E-state index in [0.29, 0.717) is 12.2 Å². The van der Waals surface area contributed by atoms with Crippen molar-refractivity contribution in [2.24, 2.45) is 0 Å². The summed E-state index contributed by atoms with van der Waals surface area (Å²) in [5, 5.41) is 0. The first-order chi connectivity index (χ1) is 11.4. The van der Waals surface area contributed by atoms with Crippen molar-refractivity contribution in [3.63, 3.8) is 0 Å². The van der Waals surface area contributed by atoms with E-state index in [-0.39, 0.29) is 87.3 Å². The standard InChI is InChI=1S/C8H5BrO2.C6H4F.C5H12N.BrH.ClH.2Mg/c9-6-1-2-7-5(3-6)4-11-8(7)10;7-6-4-2-1-3-5-6;1-4-5-6(2)3;;;;/h1-3H,4H2;2-5H;1,4-5H2,2-3H3;2*1H;;/q;2*-1;;;2*+2/p-2. The van der Waals surface area contributed by atoms with E-state index in [1.165, 1.54) is 24.3 Å². The van der Waals surface area contributed by atoms with Crippen LogP contribution in [-0.2, 0) is 11.3 Å². The van der Waals surface area contributed by atoms with E-state index in [2.05, 4.69) is 33.8 Å². The molecular weight excluding hydrogens is 537 g/mol. The number of nitrogens with zero attached hydrogens (tertiary/aromatic N) is 1. The number of carbonyl (C=O) groups is 1. The molecule has 9 heteroatoms. The molecule has 3 rings (SSSR count). The maximum absolute atomic E-state index is 11.9. The molecule has 0 fully saturated rings. The average Bonchev–Trinajstić information content (AvgIpc) is 2.90. The molecule has 0 bridgehead atoms. The van der Waals surface area contributed by atoms with E-state index >= 15 is 0 Å². The number of cyclic esters (lactones) is 1. The first kappa shape index (κ1) is 36.0. The zero-order chi connectivity index (χ0) is 17.9. The molecule has 0 spiro atoms. The van der Waals surface area contributed by atoms with Gasteiger partial charge in [0.2, 0.25) is 0 Å². The predicted molar refractivity (Wildman–Crippen MR) is 109 cm³/mol. The van der Waals surface area contributed by atoms with Crippen molar-refractivity contribution >= 4 is 68.0 Å². The Labute approximate surface area is 224 Å². The Kier molecular flexibility index (Phi) is 26.8. The quantitative estimate of drug-likeness (QED) is 0.238. The van der Waals surface area contributed by atoms with Crippen molar-refractivity contribution in [1.82, 2.24) is 4.90 Å². The van der Waals surface area contributed by atoms with Crippen LogP contribution in [0.15, 0.2) is 46.9 Å². The number of hydrogen-bond acceptors (Lipinski definition) is 3. The van der Waals surface area contributed by atoms with Gasteiger partial charge in [-0.3, -0.25) is 0 Å². The summed E-state index contributed by atoms with van der Waals surface area (Å²) in [5.41, 5.74) is 1.65. The smallest absolute Gasteiger partial charge is 1.00 e. The monoisotopic (exact) mass is 555 g/mol. The molecule has 28 heavy (non-hydrogen) atoms. The normalized spacial score (nSPS) is 10.0. The van der Waals surface area contributed by atoms with E-state index < -0.39 is 0 Å². The summed E-state index contributed by atoms with van der Waals surface area (Å²) in [7, 11) is 4.09. The van der Waals surface area contributed by atoms with Crippen LogP contribution in [0, 0.1) is 18.8 Å². The fourth-order valence-electron chi connectivity index (χ4n) is 1.78. The topological polar surface area (TPSA) is 29.5 Å². The van der Waals surface area contributed by atoms with Gasteiger partial charge in [0.25, 0.3) is 0 Å². The number of benzene rings is 2. The molecule has 0 unspecified atom stereocenters. The number of rotatable bonds is 2. The van der Waals surface area contributed by atoms with Crippen molar-refractivity contribution in [1.29, 1.82) is 0 Å². The molecule has 0 atom stereocenters. The minimum atomic E-state index is -0.215. The van der Waals surface area contributed by atoms with E-state index in [9.17, 15) is 9.18 Å². The minimum Gasteiger partial charge on any atom is -1.00 e. The fourth-order valence-corrected chi connectivity index (χ4v) is 2.19. The van der Waals surface area contributed by atoms with Gasteiger partial charge in [0.1, 0.15) is 6.61 Å². The van der Waals surface area contributed by atoms with Crippen LogP contribution < -0.4 is 29.4 Å². The third-order valence-corrected chi connectivity index (χ3v) is 3.42. The molecule has 1 aliphatic rings. The van der Waals surface area contributed by atoms with Gasteiger partial charge in [0.15, 0.2) is 0 Å². The third-order valence-electron chi connectivity index (χ3n) is 2.93. The fraction of sp³-hybridized carbons (Fsp3) is 0.263. The second-order valence-corrected chi connectivity index (χ2v) is 6.17. The Bertz CT molecular complexity index is 653. The van der Waals surface area contributed by atoms with Crippen LogP contribution in [0.25, 0.3) is 0 Å². The van der Waals surface area contributed by atoms with Crippen molar-refractivity contribution < 1.29 is 43.3 Å². The van der Waals surface area contributed by atoms with Gasteiger partial charge in [-0.2, -0.15) is 24.6 Å². The average molecular weight is 558 g/mol. The molecule has 2 aromatic rings. The van der Waals surface area contributed by atoms with Gasteiger partial charge in [0.05, 0.1) is 5.56 Å². The van der Waals surface area contributed by atoms with Gasteiger partial charge < -0.3 is 45.9 Å². The summed E-state index contributed by atoms with van der Waals surface area (Å²) in [6.45, 7) is 5.19. The summed E-state index contributed by atoms with van der Waals surface area (Å²) < 4.78 is 17.7. The number of ether oxygens (including phenoxy) is 1. The number of esters is 1. The third kappa shape index (κ3) is 15.4. The van der Waals surface area contributed by atoms with Gasteiger partial charge in [-0.15, -0.1) is 12.1 Å². The number of carbonyl (C=O) groups excluding carboxylic acids is 1. The molecule has 0 saturated carbocycles. The van der Waals surface area contributed by atoms with Crippen molar-refractivity contribution in [2.45, 2.75) is 13.0 Å². The molecule has 1 heterocycles. The number of fused-ring (bicyclic) bond motifs is 1. The van der Waals surface area contributed by atoms with Crippen LogP contribution >= 0.6 is 15.9 Å². The zero-order valence-corrected chi connectivity index (χ0v) is 22.8. The molecule has 0 aromatic heterocycles. The maximum atomic E-state index is 11.9. The zero-order valence-electron chi connectivity index (χ0n) is 16.1. The van der Waals surface area contributed by atoms with Crippen molar-refractivity contribution in [3.8, 4) is 0 Å². The molecule has 0 saturated heterocycles. The molecule has 146 valence electrons. The molecule has 3 nitrogen and oxygen atoms in total. The predicted octanol–water partition coefficient (Wildman–Crippen LogP) is -2.24. The minimum absolute atomic E-state index is 0. The summed E-state index contributed by atoms with van der Waals surface area (Å²) in [6, 6.07) is 14.0. The first-order valence-corrected chi connectivity index (χ1v) is 8.24. The van der Waals surface area contributed by atoms with E-state index in [1.807, 2.05) is 26.2 Å². The molecule has 0 radical (unpaired) electrons. The first-order valence-electron chi connectivity index (χ1n) is 7.45. The Morgan fingerprint density at radius 3 is 2.18 bits per heavy atom. The molecule has 0 N–H and O–H groups in total. The van der Waals surface area contributed by atoms with Crippen LogP contribution in [0.3, 0.4) is 0 Å². The van der Waals surface area contributed by atoms with Crippen LogP contribution in [-0.4, -0.2) is 77.6 Å². The molecule has 0 aliphatic carbocycles. The Balaban J connectivity index is -0.000000152. The van der Waals surface area contributed by atoms with Gasteiger partial charge >= 0.3 is 52.1 Å². The molecule has 1 aliphatic heterocycles. The maximum Gasteiger partial charge on any atom is 2.00 e. The Morgan fingerprint density at radius 2 is 1.79 bits per heavy atom. The van der Waals surface area contributed by atoms with Gasteiger partial charge in [0, 0.05) is 15.9 Å². The van der Waals surface area contributed by atoms with Crippen LogP contribution in [0.4, 0.5) is 4.39 Å². The van der Waals surface area contributed by atoms with Gasteiger partial charge in [-0.05, 0) is 38.8 Å². The van der Waals surface area contributed by atoms with Gasteiger partial charge in [-0.25, -0.2) is 9.18 Å². The molecule has 0 amide bonds. The summed E-state index contributed by atoms with van der Waals surface area (Å²) in [4.78, 5) is 13.1. The van der Waals surface area contributed by atoms with Crippen molar-refractivity contribution in [3.05, 3.63) is 76.9 Å². The Morgan fingerprint density at radius 1 is 1.21 bits per heavy atom. The second-order valence-electron chi connectivity index (χ2n) is 5.25. The number of hydrogen-bond donors (Lipinski definition) is 0. The largest absolute Gasteiger partial charge is 2.00 e. The van der Waals surface area contributed by atoms with Crippen LogP contribution in [0.1, 0.15) is 22.3 Å². The van der Waals surface area contributed by atoms with E-state index in [0.717, 1.165) is 23.0 Å². The second kappa shape index (κ2) is 20.8. The van der Waals surface area contributed by atoms with E-state index in [1.54, 1.807) is 6.07 Å². The summed E-state index contributed by atoms with van der Waals surface area (Å²) >= 11 is 3.32. The number of halogens is 4. The summed E-state index contributed by atoms with van der Waals surface area (Å²) in [5.74, 6) is -0.425. The molecule has 2 aromatic carbocycles. The Hall–Kier alpha value is 0.582. The summed E-state index contributed by atoms with van der Waals surface area (Å²) in [6.07, 6.45) is 1.01. The van der Waals surface area contributed by atoms with Crippen LogP contribution in [0.5, 0.6) is 0 Å². The van der Waals surface area contributed by atoms with Crippen molar-refractivity contribution in [2.75, 3.05) is 20.6 Å². The van der Waals surface area contributed by atoms with E-state index in [4.69, 9.17) is 4.74 Å². The molecular formula is C19H21Br2ClFMg2NO2. The van der Waals surface area contributed by atoms with Crippen LogP contribution in [0.2, 0.25) is 0 Å². The SMILES string of the molecule is Fc1cc[c-]cc1.O=C1OCc2cc(Br)ccc21.[Br-].[CH2-]CCN(C)C.[Cl-].[Mg+2].[Mg+2].